The highest BCUT2D eigenvalue weighted by molar-refractivity contribution is 6.21. The zero-order chi connectivity index (χ0) is 16.5. The van der Waals surface area contributed by atoms with Crippen LogP contribution in [0.25, 0.3) is 0 Å². The standard InChI is InChI=1S/C17H17N5O2/c23-15-13-3-1-2-4-14(13)16(24)22(15)11-12-9-19-17(20-10-12)21-7-5-18-6-8-21/h1-4,9-10,18H,5-8,11H2. The SMILES string of the molecule is O=C1c2ccccc2C(=O)N1Cc1cnc(N2CCNCC2)nc1. The fourth-order valence-corrected chi connectivity index (χ4v) is 3.02. The van der Waals surface area contributed by atoms with Crippen molar-refractivity contribution < 1.29 is 9.59 Å². The molecule has 4 rings (SSSR count). The Labute approximate surface area is 139 Å². The first-order valence-electron chi connectivity index (χ1n) is 7.96. The highest BCUT2D eigenvalue weighted by atomic mass is 16.2. The van der Waals surface area contributed by atoms with Crippen LogP contribution in [-0.4, -0.2) is 52.9 Å². The monoisotopic (exact) mass is 323 g/mol. The van der Waals surface area contributed by atoms with Crippen LogP contribution in [0.2, 0.25) is 0 Å². The minimum Gasteiger partial charge on any atom is -0.338 e. The molecule has 0 unspecified atom stereocenters. The summed E-state index contributed by atoms with van der Waals surface area (Å²) in [6.07, 6.45) is 3.38. The quantitative estimate of drug-likeness (QED) is 0.837. The summed E-state index contributed by atoms with van der Waals surface area (Å²) in [5, 5.41) is 3.28. The maximum atomic E-state index is 12.4. The molecule has 1 aromatic heterocycles. The Morgan fingerprint density at radius 1 is 0.958 bits per heavy atom. The van der Waals surface area contributed by atoms with Crippen molar-refractivity contribution >= 4 is 17.8 Å². The van der Waals surface area contributed by atoms with E-state index in [4.69, 9.17) is 0 Å². The first-order valence-corrected chi connectivity index (χ1v) is 7.96. The van der Waals surface area contributed by atoms with Gasteiger partial charge in [-0.2, -0.15) is 0 Å². The van der Waals surface area contributed by atoms with Gasteiger partial charge in [-0.05, 0) is 12.1 Å². The number of nitrogens with zero attached hydrogens (tertiary/aromatic N) is 4. The second kappa shape index (κ2) is 6.01. The third-order valence-corrected chi connectivity index (χ3v) is 4.31. The zero-order valence-corrected chi connectivity index (χ0v) is 13.1. The molecule has 0 saturated carbocycles. The van der Waals surface area contributed by atoms with E-state index in [1.54, 1.807) is 36.7 Å². The lowest BCUT2D eigenvalue weighted by Crippen LogP contribution is -2.44. The molecule has 3 heterocycles. The van der Waals surface area contributed by atoms with Crippen LogP contribution < -0.4 is 10.2 Å². The van der Waals surface area contributed by atoms with Crippen molar-refractivity contribution in [1.29, 1.82) is 0 Å². The summed E-state index contributed by atoms with van der Waals surface area (Å²) in [6, 6.07) is 6.89. The number of nitrogens with one attached hydrogen (secondary N) is 1. The number of carbonyl (C=O) groups is 2. The maximum absolute atomic E-state index is 12.4. The van der Waals surface area contributed by atoms with Gasteiger partial charge in [-0.1, -0.05) is 12.1 Å². The van der Waals surface area contributed by atoms with Crippen molar-refractivity contribution in [3.8, 4) is 0 Å². The number of aromatic nitrogens is 2. The summed E-state index contributed by atoms with van der Waals surface area (Å²) in [5.41, 5.74) is 1.66. The molecule has 2 aliphatic rings. The predicted molar refractivity (Wildman–Crippen MR) is 87.8 cm³/mol. The van der Waals surface area contributed by atoms with Crippen LogP contribution in [0, 0.1) is 0 Å². The molecule has 1 N–H and O–H groups in total. The van der Waals surface area contributed by atoms with E-state index in [1.807, 2.05) is 0 Å². The highest BCUT2D eigenvalue weighted by Crippen LogP contribution is 2.24. The molecule has 7 heteroatoms. The number of fused-ring (bicyclic) bond motifs is 1. The molecular weight excluding hydrogens is 306 g/mol. The summed E-state index contributed by atoms with van der Waals surface area (Å²) >= 11 is 0. The molecule has 122 valence electrons. The first-order chi connectivity index (χ1) is 11.7. The van der Waals surface area contributed by atoms with Gasteiger partial charge in [0.2, 0.25) is 5.95 Å². The Bertz CT molecular complexity index is 749. The van der Waals surface area contributed by atoms with Gasteiger partial charge in [-0.3, -0.25) is 14.5 Å². The van der Waals surface area contributed by atoms with E-state index < -0.39 is 0 Å². The molecule has 0 spiro atoms. The molecule has 1 aromatic carbocycles. The lowest BCUT2D eigenvalue weighted by Gasteiger charge is -2.27. The van der Waals surface area contributed by atoms with Crippen molar-refractivity contribution in [2.24, 2.45) is 0 Å². The van der Waals surface area contributed by atoms with Crippen LogP contribution in [0.3, 0.4) is 0 Å². The summed E-state index contributed by atoms with van der Waals surface area (Å²) < 4.78 is 0. The van der Waals surface area contributed by atoms with Gasteiger partial charge >= 0.3 is 0 Å². The molecule has 7 nitrogen and oxygen atoms in total. The number of imide groups is 1. The number of amides is 2. The Morgan fingerprint density at radius 2 is 1.54 bits per heavy atom. The average molecular weight is 323 g/mol. The van der Waals surface area contributed by atoms with Crippen molar-refractivity contribution in [3.05, 3.63) is 53.3 Å². The van der Waals surface area contributed by atoms with E-state index in [0.717, 1.165) is 31.7 Å². The van der Waals surface area contributed by atoms with E-state index in [1.165, 1.54) is 4.90 Å². The molecule has 0 atom stereocenters. The van der Waals surface area contributed by atoms with Crippen LogP contribution in [0.1, 0.15) is 26.3 Å². The van der Waals surface area contributed by atoms with Crippen LogP contribution in [0.15, 0.2) is 36.7 Å². The van der Waals surface area contributed by atoms with Crippen molar-refractivity contribution in [2.75, 3.05) is 31.1 Å². The van der Waals surface area contributed by atoms with Crippen LogP contribution in [0.4, 0.5) is 5.95 Å². The van der Waals surface area contributed by atoms with E-state index >= 15 is 0 Å². The fraction of sp³-hybridized carbons (Fsp3) is 0.294. The Kier molecular flexibility index (Phi) is 3.70. The molecule has 1 fully saturated rings. The fourth-order valence-electron chi connectivity index (χ4n) is 3.02. The largest absolute Gasteiger partial charge is 0.338 e. The molecule has 0 aliphatic carbocycles. The normalized spacial score (nSPS) is 17.3. The summed E-state index contributed by atoms with van der Waals surface area (Å²) in [6.45, 7) is 3.77. The molecular formula is C17H17N5O2. The van der Waals surface area contributed by atoms with Crippen molar-refractivity contribution in [3.63, 3.8) is 0 Å². The maximum Gasteiger partial charge on any atom is 0.261 e. The highest BCUT2D eigenvalue weighted by Gasteiger charge is 2.35. The molecule has 1 saturated heterocycles. The van der Waals surface area contributed by atoms with Gasteiger partial charge in [0.1, 0.15) is 0 Å². The number of hydrogen-bond acceptors (Lipinski definition) is 6. The third-order valence-electron chi connectivity index (χ3n) is 4.31. The molecule has 2 aromatic rings. The van der Waals surface area contributed by atoms with Crippen LogP contribution >= 0.6 is 0 Å². The number of rotatable bonds is 3. The van der Waals surface area contributed by atoms with E-state index in [-0.39, 0.29) is 18.4 Å². The number of anilines is 1. The topological polar surface area (TPSA) is 78.4 Å². The molecule has 24 heavy (non-hydrogen) atoms. The lowest BCUT2D eigenvalue weighted by atomic mass is 10.1. The number of benzene rings is 1. The second-order valence-corrected chi connectivity index (χ2v) is 5.87. The summed E-state index contributed by atoms with van der Waals surface area (Å²) in [4.78, 5) is 36.9. The van der Waals surface area contributed by atoms with Gasteiger partial charge in [-0.25, -0.2) is 9.97 Å². The second-order valence-electron chi connectivity index (χ2n) is 5.87. The number of hydrogen-bond donors (Lipinski definition) is 1. The van der Waals surface area contributed by atoms with Crippen molar-refractivity contribution in [1.82, 2.24) is 20.2 Å². The van der Waals surface area contributed by atoms with Gasteiger partial charge in [-0.15, -0.1) is 0 Å². The molecule has 2 amide bonds. The summed E-state index contributed by atoms with van der Waals surface area (Å²) in [7, 11) is 0. The Hall–Kier alpha value is -2.80. The lowest BCUT2D eigenvalue weighted by molar-refractivity contribution is 0.0642. The molecule has 0 bridgehead atoms. The van der Waals surface area contributed by atoms with Gasteiger partial charge in [0, 0.05) is 44.1 Å². The third kappa shape index (κ3) is 2.52. The molecule has 2 aliphatic heterocycles. The average Bonchev–Trinajstić information content (AvgIpc) is 2.88. The van der Waals surface area contributed by atoms with Crippen LogP contribution in [0.5, 0.6) is 0 Å². The van der Waals surface area contributed by atoms with Crippen molar-refractivity contribution in [2.45, 2.75) is 6.54 Å². The Balaban J connectivity index is 1.50. The number of carbonyl (C=O) groups excluding carboxylic acids is 2. The smallest absolute Gasteiger partial charge is 0.261 e. The van der Waals surface area contributed by atoms with Gasteiger partial charge < -0.3 is 10.2 Å². The van der Waals surface area contributed by atoms with Crippen LogP contribution in [-0.2, 0) is 6.54 Å². The first kappa shape index (κ1) is 14.8. The van der Waals surface area contributed by atoms with Gasteiger partial charge in [0.25, 0.3) is 11.8 Å². The van der Waals surface area contributed by atoms with E-state index in [2.05, 4.69) is 20.2 Å². The van der Waals surface area contributed by atoms with Gasteiger partial charge in [0.05, 0.1) is 17.7 Å². The van der Waals surface area contributed by atoms with E-state index in [0.29, 0.717) is 17.1 Å². The van der Waals surface area contributed by atoms with Gasteiger partial charge in [0.15, 0.2) is 0 Å². The number of piperazine rings is 1. The minimum atomic E-state index is -0.262. The summed E-state index contributed by atoms with van der Waals surface area (Å²) in [5.74, 6) is 0.158. The predicted octanol–water partition coefficient (Wildman–Crippen LogP) is 0.682. The minimum absolute atomic E-state index is 0.189. The molecule has 0 radical (unpaired) electrons. The Morgan fingerprint density at radius 3 is 2.12 bits per heavy atom. The zero-order valence-electron chi connectivity index (χ0n) is 13.1. The van der Waals surface area contributed by atoms with E-state index in [9.17, 15) is 9.59 Å².